The van der Waals surface area contributed by atoms with E-state index in [1.54, 1.807) is 0 Å². The molecule has 0 heterocycles. The lowest BCUT2D eigenvalue weighted by Gasteiger charge is -2.32. The topological polar surface area (TPSA) is 52.6 Å². The molecule has 4 heteroatoms. The van der Waals surface area contributed by atoms with Gasteiger partial charge in [0.2, 0.25) is 5.91 Å². The third kappa shape index (κ3) is 6.97. The van der Waals surface area contributed by atoms with Gasteiger partial charge in [-0.2, -0.15) is 0 Å². The summed E-state index contributed by atoms with van der Waals surface area (Å²) in [6.45, 7) is 13.5. The van der Waals surface area contributed by atoms with Crippen LogP contribution < -0.4 is 5.32 Å². The number of carbonyl (C=O) groups excluding carboxylic acids is 1. The van der Waals surface area contributed by atoms with Crippen LogP contribution in [0.1, 0.15) is 54.4 Å². The highest BCUT2D eigenvalue weighted by atomic mass is 16.3. The van der Waals surface area contributed by atoms with Crippen molar-refractivity contribution in [3.05, 3.63) is 0 Å². The first-order valence-corrected chi connectivity index (χ1v) is 6.91. The summed E-state index contributed by atoms with van der Waals surface area (Å²) in [5.41, 5.74) is -0.889. The van der Waals surface area contributed by atoms with E-state index >= 15 is 0 Å². The first kappa shape index (κ1) is 17.4. The minimum absolute atomic E-state index is 0.0129. The van der Waals surface area contributed by atoms with Crippen molar-refractivity contribution in [3.63, 3.8) is 0 Å². The molecule has 0 unspecified atom stereocenters. The molecule has 0 aromatic rings. The molecule has 0 saturated carbocycles. The van der Waals surface area contributed by atoms with Gasteiger partial charge in [0.05, 0.1) is 12.1 Å². The molecule has 0 aromatic carbocycles. The average molecular weight is 258 g/mol. The lowest BCUT2D eigenvalue weighted by Crippen LogP contribution is -2.49. The number of carbonyl (C=O) groups is 1. The maximum Gasteiger partial charge on any atom is 0.234 e. The number of nitrogens with zero attached hydrogens (tertiary/aromatic N) is 1. The van der Waals surface area contributed by atoms with Crippen LogP contribution in [0, 0.1) is 0 Å². The van der Waals surface area contributed by atoms with Crippen molar-refractivity contribution in [2.24, 2.45) is 0 Å². The molecule has 0 aliphatic rings. The summed E-state index contributed by atoms with van der Waals surface area (Å²) in [5.74, 6) is 0.0129. The lowest BCUT2D eigenvalue weighted by molar-refractivity contribution is -0.124. The molecule has 0 aromatic heterocycles. The zero-order valence-corrected chi connectivity index (χ0v) is 12.8. The maximum atomic E-state index is 11.9. The molecule has 0 aliphatic carbocycles. The van der Waals surface area contributed by atoms with E-state index in [-0.39, 0.29) is 11.4 Å². The molecule has 0 bridgehead atoms. The quantitative estimate of drug-likeness (QED) is 0.732. The Bertz CT molecular complexity index is 255. The van der Waals surface area contributed by atoms with Gasteiger partial charge in [-0.1, -0.05) is 20.8 Å². The van der Waals surface area contributed by atoms with Crippen molar-refractivity contribution in [2.45, 2.75) is 65.5 Å². The monoisotopic (exact) mass is 258 g/mol. The number of rotatable bonds is 7. The first-order chi connectivity index (χ1) is 8.15. The van der Waals surface area contributed by atoms with Crippen molar-refractivity contribution in [1.29, 1.82) is 0 Å². The SMILES string of the molecule is CCN(CC(=O)NC(C)(C)C)CC(O)(CC)CC. The Morgan fingerprint density at radius 3 is 2.00 bits per heavy atom. The van der Waals surface area contributed by atoms with Crippen LogP contribution >= 0.6 is 0 Å². The van der Waals surface area contributed by atoms with Crippen LogP contribution in [-0.4, -0.2) is 46.7 Å². The van der Waals surface area contributed by atoms with E-state index in [2.05, 4.69) is 5.32 Å². The zero-order chi connectivity index (χ0) is 14.4. The third-order valence-electron chi connectivity index (χ3n) is 3.16. The highest BCUT2D eigenvalue weighted by molar-refractivity contribution is 5.78. The number of hydrogen-bond acceptors (Lipinski definition) is 3. The molecule has 0 spiro atoms. The molecule has 2 N–H and O–H groups in total. The first-order valence-electron chi connectivity index (χ1n) is 6.91. The molecule has 0 atom stereocenters. The van der Waals surface area contributed by atoms with Gasteiger partial charge in [-0.3, -0.25) is 9.69 Å². The molecular formula is C14H30N2O2. The molecular weight excluding hydrogens is 228 g/mol. The molecule has 0 fully saturated rings. The molecule has 18 heavy (non-hydrogen) atoms. The second-order valence-corrected chi connectivity index (χ2v) is 6.03. The number of likely N-dealkylation sites (N-methyl/N-ethyl adjacent to an activating group) is 1. The summed E-state index contributed by atoms with van der Waals surface area (Å²) >= 11 is 0. The fraction of sp³-hybridized carbons (Fsp3) is 0.929. The fourth-order valence-electron chi connectivity index (χ4n) is 1.83. The van der Waals surface area contributed by atoms with Gasteiger partial charge in [0.25, 0.3) is 0 Å². The number of hydrogen-bond donors (Lipinski definition) is 2. The maximum absolute atomic E-state index is 11.9. The van der Waals surface area contributed by atoms with Gasteiger partial charge in [0.1, 0.15) is 0 Å². The summed E-state index contributed by atoms with van der Waals surface area (Å²) in [7, 11) is 0. The van der Waals surface area contributed by atoms with Crippen molar-refractivity contribution < 1.29 is 9.90 Å². The minimum atomic E-state index is -0.683. The van der Waals surface area contributed by atoms with Crippen molar-refractivity contribution >= 4 is 5.91 Å². The van der Waals surface area contributed by atoms with E-state index in [0.717, 1.165) is 6.54 Å². The predicted octanol–water partition coefficient (Wildman–Crippen LogP) is 1.77. The Morgan fingerprint density at radius 1 is 1.17 bits per heavy atom. The summed E-state index contributed by atoms with van der Waals surface area (Å²) in [5, 5.41) is 13.2. The van der Waals surface area contributed by atoms with E-state index in [4.69, 9.17) is 0 Å². The van der Waals surface area contributed by atoms with Crippen LogP contribution in [0.3, 0.4) is 0 Å². The summed E-state index contributed by atoms with van der Waals surface area (Å²) in [6.07, 6.45) is 1.42. The van der Waals surface area contributed by atoms with Gasteiger partial charge >= 0.3 is 0 Å². The fourth-order valence-corrected chi connectivity index (χ4v) is 1.83. The largest absolute Gasteiger partial charge is 0.389 e. The molecule has 0 radical (unpaired) electrons. The van der Waals surface area contributed by atoms with Gasteiger partial charge in [-0.15, -0.1) is 0 Å². The second kappa shape index (κ2) is 7.10. The summed E-state index contributed by atoms with van der Waals surface area (Å²) in [6, 6.07) is 0. The molecule has 108 valence electrons. The Labute approximate surface area is 112 Å². The van der Waals surface area contributed by atoms with Gasteiger partial charge in [0, 0.05) is 12.1 Å². The van der Waals surface area contributed by atoms with Crippen LogP contribution in [-0.2, 0) is 4.79 Å². The van der Waals surface area contributed by atoms with Gasteiger partial charge < -0.3 is 10.4 Å². The normalized spacial score (nSPS) is 12.9. The van der Waals surface area contributed by atoms with Crippen LogP contribution in [0.25, 0.3) is 0 Å². The van der Waals surface area contributed by atoms with E-state index in [9.17, 15) is 9.90 Å². The summed E-state index contributed by atoms with van der Waals surface area (Å²) in [4.78, 5) is 13.9. The van der Waals surface area contributed by atoms with Gasteiger partial charge in [0.15, 0.2) is 0 Å². The van der Waals surface area contributed by atoms with E-state index in [0.29, 0.717) is 25.9 Å². The van der Waals surface area contributed by atoms with Gasteiger partial charge in [-0.05, 0) is 40.2 Å². The van der Waals surface area contributed by atoms with Gasteiger partial charge in [-0.25, -0.2) is 0 Å². The minimum Gasteiger partial charge on any atom is -0.389 e. The van der Waals surface area contributed by atoms with Crippen LogP contribution in [0.4, 0.5) is 0 Å². The Hall–Kier alpha value is -0.610. The molecule has 1 amide bonds. The summed E-state index contributed by atoms with van der Waals surface area (Å²) < 4.78 is 0. The number of nitrogens with one attached hydrogen (secondary N) is 1. The number of aliphatic hydroxyl groups is 1. The van der Waals surface area contributed by atoms with E-state index in [1.165, 1.54) is 0 Å². The van der Waals surface area contributed by atoms with Crippen molar-refractivity contribution in [1.82, 2.24) is 10.2 Å². The smallest absolute Gasteiger partial charge is 0.234 e. The predicted molar refractivity (Wildman–Crippen MR) is 75.5 cm³/mol. The van der Waals surface area contributed by atoms with Crippen molar-refractivity contribution in [3.8, 4) is 0 Å². The second-order valence-electron chi connectivity index (χ2n) is 6.03. The highest BCUT2D eigenvalue weighted by Crippen LogP contribution is 2.16. The molecule has 4 nitrogen and oxygen atoms in total. The zero-order valence-electron chi connectivity index (χ0n) is 12.8. The third-order valence-corrected chi connectivity index (χ3v) is 3.16. The highest BCUT2D eigenvalue weighted by Gasteiger charge is 2.26. The van der Waals surface area contributed by atoms with Crippen LogP contribution in [0.5, 0.6) is 0 Å². The Morgan fingerprint density at radius 2 is 1.67 bits per heavy atom. The Balaban J connectivity index is 4.40. The average Bonchev–Trinajstić information content (AvgIpc) is 2.25. The van der Waals surface area contributed by atoms with E-state index in [1.807, 2.05) is 46.4 Å². The molecule has 0 aliphatic heterocycles. The van der Waals surface area contributed by atoms with Crippen LogP contribution in [0.2, 0.25) is 0 Å². The lowest BCUT2D eigenvalue weighted by atomic mass is 9.97. The number of amides is 1. The van der Waals surface area contributed by atoms with Crippen molar-refractivity contribution in [2.75, 3.05) is 19.6 Å². The Kier molecular flexibility index (Phi) is 6.86. The molecule has 0 rings (SSSR count). The molecule has 0 saturated heterocycles. The van der Waals surface area contributed by atoms with Crippen LogP contribution in [0.15, 0.2) is 0 Å². The van der Waals surface area contributed by atoms with E-state index < -0.39 is 5.60 Å². The standard InChI is InChI=1S/C14H30N2O2/c1-7-14(18,8-2)11-16(9-3)10-12(17)15-13(4,5)6/h18H,7-11H2,1-6H3,(H,15,17).